The highest BCUT2D eigenvalue weighted by Gasteiger charge is 2.27. The predicted octanol–water partition coefficient (Wildman–Crippen LogP) is 27.5. The first-order valence-electron chi connectivity index (χ1n) is 38.9. The highest BCUT2D eigenvalue weighted by atomic mass is 16.3. The lowest BCUT2D eigenvalue weighted by molar-refractivity contribution is 0.668. The molecule has 0 fully saturated rings. The van der Waals surface area contributed by atoms with Crippen molar-refractivity contribution < 1.29 is 17.7 Å². The van der Waals surface area contributed by atoms with Crippen molar-refractivity contribution in [2.75, 3.05) is 0 Å². The van der Waals surface area contributed by atoms with Crippen molar-refractivity contribution in [3.63, 3.8) is 0 Å². The van der Waals surface area contributed by atoms with Gasteiger partial charge in [-0.15, -0.1) is 0 Å². The first-order chi connectivity index (χ1) is 57.5. The maximum atomic E-state index is 7.29. The summed E-state index contributed by atoms with van der Waals surface area (Å²) in [5.41, 5.74) is 21.0. The Morgan fingerprint density at radius 3 is 1.22 bits per heavy atom. The van der Waals surface area contributed by atoms with E-state index in [2.05, 4.69) is 282 Å². The summed E-state index contributed by atoms with van der Waals surface area (Å²) in [6, 6.07) is 123. The molecular formula is C104H58N8O4. The van der Waals surface area contributed by atoms with Gasteiger partial charge in [0.1, 0.15) is 44.7 Å². The lowest BCUT2D eigenvalue weighted by atomic mass is 9.99. The standard InChI is InChI=1S/C104H58N8O4/c1-3-21-60(22-4-1)99-105-101(84-37-18-32-79-76-52-48-67(58-93(76)115-97(79)84)112-87-39-12-9-26-71(87)72-27-10-13-40-88(72)112)109-104(106-99)85-38-19-34-81-80-33-15-29-70(94(80)116-98(81)85)64-45-50-73-86-55-61(47-53-89(86)111(90(73)56-64)66-23-5-2-6-24-66)62-44-51-75-78-31-17-36-83(96(78)114-92(75)57-62)103-108-100(65-46-49-69-63(54-65)43-42-59-20-7-8-25-68(59)69)107-102(110-103)82-35-16-30-77-74-28-11-14-41-91(74)113-95(77)82/h1-58H. The van der Waals surface area contributed by atoms with E-state index in [-0.39, 0.29) is 0 Å². The number of fused-ring (bicyclic) bond motifs is 21. The normalized spacial score (nSPS) is 12.1. The highest BCUT2D eigenvalue weighted by molar-refractivity contribution is 6.18. The fourth-order valence-electron chi connectivity index (χ4n) is 18.1. The van der Waals surface area contributed by atoms with Gasteiger partial charge in [0.05, 0.1) is 44.3 Å². The van der Waals surface area contributed by atoms with Gasteiger partial charge in [-0.2, -0.15) is 0 Å². The summed E-state index contributed by atoms with van der Waals surface area (Å²) in [4.78, 5) is 31.9. The molecule has 0 saturated heterocycles. The van der Waals surface area contributed by atoms with Crippen molar-refractivity contribution in [3.8, 4) is 102 Å². The van der Waals surface area contributed by atoms with Gasteiger partial charge in [-0.3, -0.25) is 0 Å². The third-order valence-electron chi connectivity index (χ3n) is 23.4. The van der Waals surface area contributed by atoms with Crippen molar-refractivity contribution in [1.82, 2.24) is 39.0 Å². The molecule has 12 heteroatoms. The zero-order chi connectivity index (χ0) is 75.8. The number of aromatic nitrogens is 8. The summed E-state index contributed by atoms with van der Waals surface area (Å²) >= 11 is 0. The van der Waals surface area contributed by atoms with Crippen LogP contribution in [0.4, 0.5) is 0 Å². The Labute approximate surface area is 659 Å². The third-order valence-corrected chi connectivity index (χ3v) is 23.4. The fraction of sp³-hybridized carbons (Fsp3) is 0. The molecule has 0 saturated carbocycles. The van der Waals surface area contributed by atoms with E-state index in [9.17, 15) is 0 Å². The molecule has 0 aliphatic carbocycles. The van der Waals surface area contributed by atoms with Crippen LogP contribution < -0.4 is 0 Å². The number of nitrogens with zero attached hydrogens (tertiary/aromatic N) is 8. The molecule has 25 rings (SSSR count). The lowest BCUT2D eigenvalue weighted by Gasteiger charge is -2.10. The van der Waals surface area contributed by atoms with Gasteiger partial charge in [0, 0.05) is 98.8 Å². The Balaban J connectivity index is 0.590. The number of furan rings is 4. The van der Waals surface area contributed by atoms with Crippen molar-refractivity contribution in [3.05, 3.63) is 352 Å². The van der Waals surface area contributed by atoms with E-state index in [1.165, 1.54) is 21.5 Å². The molecule has 12 nitrogen and oxygen atoms in total. The average molecular weight is 1480 g/mol. The molecule has 8 heterocycles. The molecular weight excluding hydrogens is 1430 g/mol. The van der Waals surface area contributed by atoms with Gasteiger partial charge in [0.15, 0.2) is 34.9 Å². The molecule has 0 aliphatic rings. The molecule has 116 heavy (non-hydrogen) atoms. The molecule has 0 bridgehead atoms. The van der Waals surface area contributed by atoms with Crippen LogP contribution in [-0.2, 0) is 0 Å². The minimum Gasteiger partial charge on any atom is -0.455 e. The van der Waals surface area contributed by atoms with Crippen LogP contribution >= 0.6 is 0 Å². The molecule has 0 atom stereocenters. The molecule has 0 N–H and O–H groups in total. The smallest absolute Gasteiger partial charge is 0.167 e. The number of para-hydroxylation sites is 9. The minimum atomic E-state index is 0.475. The summed E-state index contributed by atoms with van der Waals surface area (Å²) in [5, 5.41) is 17.1. The first kappa shape index (κ1) is 63.8. The second-order valence-electron chi connectivity index (χ2n) is 29.9. The Hall–Kier alpha value is -15.9. The zero-order valence-corrected chi connectivity index (χ0v) is 61.7. The SMILES string of the molecule is c1ccc(-c2nc(-c3cccc4c3oc3cc(-n5c6ccccc6c6ccccc65)ccc34)nc(-c3cccc4c3oc3c(-c5ccc6c7cc(-c8ccc9c(c8)oc8c(-c%10nc(-c%11ccc%12c(ccc%13ccccc%13%12)c%11)nc(-c%11cccc%12c%11oc%11ccccc%11%12)n%10)cccc89)ccc7n(-c7ccccc7)c6c5)cccc34)n2)cc1. The Morgan fingerprint density at radius 1 is 0.172 bits per heavy atom. The Morgan fingerprint density at radius 2 is 0.569 bits per heavy atom. The van der Waals surface area contributed by atoms with Crippen molar-refractivity contribution in [1.29, 1.82) is 0 Å². The van der Waals surface area contributed by atoms with E-state index in [0.29, 0.717) is 57.3 Å². The largest absolute Gasteiger partial charge is 0.455 e. The molecule has 8 aromatic heterocycles. The molecule has 25 aromatic rings. The molecule has 0 radical (unpaired) electrons. The van der Waals surface area contributed by atoms with Crippen LogP contribution in [0.3, 0.4) is 0 Å². The maximum absolute atomic E-state index is 7.29. The van der Waals surface area contributed by atoms with Gasteiger partial charge in [0.2, 0.25) is 0 Å². The predicted molar refractivity (Wildman–Crippen MR) is 470 cm³/mol. The average Bonchev–Trinajstić information content (AvgIpc) is 1.57. The lowest BCUT2D eigenvalue weighted by Crippen LogP contribution is -2.00. The first-order valence-corrected chi connectivity index (χ1v) is 38.9. The van der Waals surface area contributed by atoms with Crippen LogP contribution in [0.15, 0.2) is 370 Å². The number of hydrogen-bond donors (Lipinski definition) is 0. The summed E-state index contributed by atoms with van der Waals surface area (Å²) < 4.78 is 32.7. The molecule has 0 unspecified atom stereocenters. The number of benzene rings is 17. The van der Waals surface area contributed by atoms with E-state index >= 15 is 0 Å². The maximum Gasteiger partial charge on any atom is 0.167 e. The summed E-state index contributed by atoms with van der Waals surface area (Å²) in [7, 11) is 0. The van der Waals surface area contributed by atoms with Gasteiger partial charge in [-0.1, -0.05) is 243 Å². The molecule has 0 amide bonds. The van der Waals surface area contributed by atoms with Crippen molar-refractivity contribution in [2.24, 2.45) is 0 Å². The zero-order valence-electron chi connectivity index (χ0n) is 61.7. The van der Waals surface area contributed by atoms with E-state index in [1.54, 1.807) is 0 Å². The number of rotatable bonds is 10. The van der Waals surface area contributed by atoms with Crippen LogP contribution in [0.25, 0.3) is 255 Å². The monoisotopic (exact) mass is 1480 g/mol. The quantitative estimate of drug-likeness (QED) is 0.122. The van der Waals surface area contributed by atoms with Crippen molar-refractivity contribution in [2.45, 2.75) is 0 Å². The summed E-state index contributed by atoms with van der Waals surface area (Å²) in [5.74, 6) is 3.00. The Bertz CT molecular complexity index is 8440. The van der Waals surface area contributed by atoms with E-state index < -0.39 is 0 Å². The summed E-state index contributed by atoms with van der Waals surface area (Å²) in [6.07, 6.45) is 0. The summed E-state index contributed by atoms with van der Waals surface area (Å²) in [6.45, 7) is 0. The second kappa shape index (κ2) is 24.8. The van der Waals surface area contributed by atoms with Gasteiger partial charge < -0.3 is 26.8 Å². The highest BCUT2D eigenvalue weighted by Crippen LogP contribution is 2.47. The Kier molecular flexibility index (Phi) is 13.6. The van der Waals surface area contributed by atoms with Gasteiger partial charge in [0.25, 0.3) is 0 Å². The van der Waals surface area contributed by atoms with Crippen LogP contribution in [0, 0.1) is 0 Å². The molecule has 17 aromatic carbocycles. The van der Waals surface area contributed by atoms with Crippen molar-refractivity contribution >= 4 is 153 Å². The third kappa shape index (κ3) is 9.74. The molecule has 0 spiro atoms. The molecule has 538 valence electrons. The van der Waals surface area contributed by atoms with Crippen LogP contribution in [0.1, 0.15) is 0 Å². The van der Waals surface area contributed by atoms with Gasteiger partial charge >= 0.3 is 0 Å². The second-order valence-corrected chi connectivity index (χ2v) is 29.9. The topological polar surface area (TPSA) is 140 Å². The van der Waals surface area contributed by atoms with E-state index in [4.69, 9.17) is 47.6 Å². The van der Waals surface area contributed by atoms with Crippen LogP contribution in [-0.4, -0.2) is 39.0 Å². The van der Waals surface area contributed by atoms with Crippen LogP contribution in [0.2, 0.25) is 0 Å². The minimum absolute atomic E-state index is 0.475. The van der Waals surface area contributed by atoms with E-state index in [1.807, 2.05) is 78.9 Å². The van der Waals surface area contributed by atoms with Crippen LogP contribution in [0.5, 0.6) is 0 Å². The van der Waals surface area contributed by atoms with Gasteiger partial charge in [-0.05, 0) is 141 Å². The fourth-order valence-corrected chi connectivity index (χ4v) is 18.1. The van der Waals surface area contributed by atoms with Gasteiger partial charge in [-0.25, -0.2) is 29.9 Å². The van der Waals surface area contributed by atoms with E-state index in [0.717, 1.165) is 176 Å². The number of hydrogen-bond acceptors (Lipinski definition) is 10. The molecule has 0 aliphatic heterocycles.